The second kappa shape index (κ2) is 6.51. The molecule has 0 aliphatic carbocycles. The summed E-state index contributed by atoms with van der Waals surface area (Å²) >= 11 is 0. The highest BCUT2D eigenvalue weighted by atomic mass is 16.4. The number of hydrogen-bond donors (Lipinski definition) is 3. The van der Waals surface area contributed by atoms with Crippen LogP contribution >= 0.6 is 0 Å². The molecule has 23 heavy (non-hydrogen) atoms. The van der Waals surface area contributed by atoms with Gasteiger partial charge >= 0.3 is 11.6 Å². The second-order valence-corrected chi connectivity index (χ2v) is 5.22. The van der Waals surface area contributed by atoms with Crippen LogP contribution in [0, 0.1) is 6.92 Å². The van der Waals surface area contributed by atoms with E-state index in [1.165, 1.54) is 12.1 Å². The van der Waals surface area contributed by atoms with Crippen molar-refractivity contribution in [2.24, 2.45) is 0 Å². The number of benzene rings is 1. The van der Waals surface area contributed by atoms with Crippen molar-refractivity contribution in [3.63, 3.8) is 0 Å². The molecule has 0 spiro atoms. The van der Waals surface area contributed by atoms with Gasteiger partial charge in [0.05, 0.1) is 6.42 Å². The smallest absolute Gasteiger partial charge is 0.336 e. The zero-order valence-corrected chi connectivity index (χ0v) is 12.8. The monoisotopic (exact) mass is 319 g/mol. The number of aliphatic carboxylic acids is 1. The average molecular weight is 319 g/mol. The van der Waals surface area contributed by atoms with E-state index in [0.29, 0.717) is 16.5 Å². The summed E-state index contributed by atoms with van der Waals surface area (Å²) < 4.78 is 5.09. The largest absolute Gasteiger partial charge is 0.508 e. The maximum atomic E-state index is 12.0. The van der Waals surface area contributed by atoms with E-state index < -0.39 is 23.5 Å². The van der Waals surface area contributed by atoms with Crippen molar-refractivity contribution in [1.82, 2.24) is 5.32 Å². The molecule has 1 unspecified atom stereocenters. The van der Waals surface area contributed by atoms with E-state index in [1.54, 1.807) is 19.9 Å². The van der Waals surface area contributed by atoms with Crippen LogP contribution in [0.4, 0.5) is 0 Å². The summed E-state index contributed by atoms with van der Waals surface area (Å²) in [4.78, 5) is 34.7. The Hall–Kier alpha value is -2.83. The third kappa shape index (κ3) is 3.50. The number of phenols is 1. The minimum absolute atomic E-state index is 0.0147. The van der Waals surface area contributed by atoms with E-state index in [-0.39, 0.29) is 24.2 Å². The Morgan fingerprint density at radius 2 is 2.04 bits per heavy atom. The van der Waals surface area contributed by atoms with Crippen LogP contribution in [0.25, 0.3) is 11.0 Å². The van der Waals surface area contributed by atoms with Crippen LogP contribution in [-0.4, -0.2) is 28.1 Å². The van der Waals surface area contributed by atoms with Crippen molar-refractivity contribution in [1.29, 1.82) is 0 Å². The molecule has 1 heterocycles. The summed E-state index contributed by atoms with van der Waals surface area (Å²) in [5.74, 6) is -1.63. The quantitative estimate of drug-likeness (QED) is 0.716. The molecule has 0 fully saturated rings. The van der Waals surface area contributed by atoms with Crippen LogP contribution in [-0.2, 0) is 16.0 Å². The van der Waals surface area contributed by atoms with Crippen LogP contribution in [0.15, 0.2) is 27.4 Å². The number of fused-ring (bicyclic) bond motifs is 1. The first kappa shape index (κ1) is 16.5. The molecule has 3 N–H and O–H groups in total. The lowest BCUT2D eigenvalue weighted by molar-refractivity contribution is -0.141. The molecule has 1 atom stereocenters. The number of hydrogen-bond acceptors (Lipinski definition) is 5. The van der Waals surface area contributed by atoms with Crippen molar-refractivity contribution >= 4 is 22.8 Å². The Morgan fingerprint density at radius 3 is 2.65 bits per heavy atom. The lowest BCUT2D eigenvalue weighted by Crippen LogP contribution is -2.41. The number of carboxylic acids is 1. The van der Waals surface area contributed by atoms with Gasteiger partial charge < -0.3 is 19.9 Å². The molecule has 7 heteroatoms. The maximum Gasteiger partial charge on any atom is 0.336 e. The van der Waals surface area contributed by atoms with Gasteiger partial charge in [-0.05, 0) is 31.0 Å². The Morgan fingerprint density at radius 1 is 1.35 bits per heavy atom. The molecule has 0 aliphatic rings. The van der Waals surface area contributed by atoms with Gasteiger partial charge in [0.2, 0.25) is 5.91 Å². The fourth-order valence-corrected chi connectivity index (χ4v) is 2.32. The van der Waals surface area contributed by atoms with Crippen molar-refractivity contribution in [3.05, 3.63) is 39.7 Å². The maximum absolute atomic E-state index is 12.0. The number of nitrogens with one attached hydrogen (secondary N) is 1. The van der Waals surface area contributed by atoms with E-state index in [9.17, 15) is 19.5 Å². The molecule has 1 amide bonds. The highest BCUT2D eigenvalue weighted by molar-refractivity contribution is 5.90. The molecule has 0 aliphatic heterocycles. The summed E-state index contributed by atoms with van der Waals surface area (Å²) in [7, 11) is 0. The predicted octanol–water partition coefficient (Wildman–Crippen LogP) is 1.33. The molecule has 0 bridgehead atoms. The van der Waals surface area contributed by atoms with Gasteiger partial charge in [0, 0.05) is 17.0 Å². The van der Waals surface area contributed by atoms with E-state index in [4.69, 9.17) is 9.52 Å². The van der Waals surface area contributed by atoms with Gasteiger partial charge in [-0.15, -0.1) is 0 Å². The first-order valence-corrected chi connectivity index (χ1v) is 7.11. The minimum atomic E-state index is -1.11. The van der Waals surface area contributed by atoms with Gasteiger partial charge in [0.15, 0.2) is 0 Å². The molecule has 0 saturated heterocycles. The van der Waals surface area contributed by atoms with Gasteiger partial charge in [-0.1, -0.05) is 6.92 Å². The minimum Gasteiger partial charge on any atom is -0.508 e. The van der Waals surface area contributed by atoms with Gasteiger partial charge in [-0.25, -0.2) is 9.59 Å². The summed E-state index contributed by atoms with van der Waals surface area (Å²) in [6, 6.07) is 3.22. The lowest BCUT2D eigenvalue weighted by atomic mass is 10.0. The van der Waals surface area contributed by atoms with E-state index in [2.05, 4.69) is 5.32 Å². The fourth-order valence-electron chi connectivity index (χ4n) is 2.32. The number of amides is 1. The Bertz CT molecular complexity index is 823. The average Bonchev–Trinajstić information content (AvgIpc) is 2.48. The van der Waals surface area contributed by atoms with E-state index in [1.807, 2.05) is 0 Å². The number of carbonyl (C=O) groups excluding carboxylic acids is 1. The molecule has 7 nitrogen and oxygen atoms in total. The molecule has 2 rings (SSSR count). The molecule has 1 aromatic heterocycles. The molecule has 2 aromatic rings. The lowest BCUT2D eigenvalue weighted by Gasteiger charge is -2.13. The Balaban J connectivity index is 2.37. The topological polar surface area (TPSA) is 117 Å². The normalized spacial score (nSPS) is 12.1. The molecule has 1 aromatic carbocycles. The Labute approximate surface area is 131 Å². The van der Waals surface area contributed by atoms with Crippen LogP contribution in [0.3, 0.4) is 0 Å². The Kier molecular flexibility index (Phi) is 4.68. The molecule has 0 saturated carbocycles. The van der Waals surface area contributed by atoms with Crippen LogP contribution in [0.2, 0.25) is 0 Å². The number of aryl methyl sites for hydroxylation is 1. The highest BCUT2D eigenvalue weighted by Crippen LogP contribution is 2.27. The van der Waals surface area contributed by atoms with Gasteiger partial charge in [-0.2, -0.15) is 0 Å². The highest BCUT2D eigenvalue weighted by Gasteiger charge is 2.19. The first-order chi connectivity index (χ1) is 10.8. The van der Waals surface area contributed by atoms with Crippen LogP contribution in [0.1, 0.15) is 24.5 Å². The first-order valence-electron chi connectivity index (χ1n) is 7.11. The van der Waals surface area contributed by atoms with Gasteiger partial charge in [0.25, 0.3) is 0 Å². The number of phenolic OH excluding ortho intramolecular Hbond substituents is 1. The summed E-state index contributed by atoms with van der Waals surface area (Å²) in [6.07, 6.45) is 0.0990. The van der Waals surface area contributed by atoms with Gasteiger partial charge in [-0.3, -0.25) is 4.79 Å². The van der Waals surface area contributed by atoms with Crippen molar-refractivity contribution in [2.45, 2.75) is 32.7 Å². The summed E-state index contributed by atoms with van der Waals surface area (Å²) in [5, 5.41) is 21.6. The fraction of sp³-hybridized carbons (Fsp3) is 0.312. The van der Waals surface area contributed by atoms with Crippen molar-refractivity contribution < 1.29 is 24.2 Å². The molecule has 0 radical (unpaired) electrons. The molecular formula is C16H17NO6. The number of aromatic hydroxyl groups is 1. The second-order valence-electron chi connectivity index (χ2n) is 5.22. The standard InChI is InChI=1S/C16H17NO6/c1-3-11(16(21)22)17-13(19)6-9-7-14(20)23-15-8(2)12(18)5-4-10(9)15/h4-5,7,11,18H,3,6H2,1-2H3,(H,17,19)(H,21,22). The third-order valence-electron chi connectivity index (χ3n) is 3.61. The summed E-state index contributed by atoms with van der Waals surface area (Å²) in [5.41, 5.74) is 0.390. The molecular weight excluding hydrogens is 302 g/mol. The zero-order chi connectivity index (χ0) is 17.1. The van der Waals surface area contributed by atoms with Gasteiger partial charge in [0.1, 0.15) is 17.4 Å². The molecule has 122 valence electrons. The third-order valence-corrected chi connectivity index (χ3v) is 3.61. The van der Waals surface area contributed by atoms with E-state index >= 15 is 0 Å². The number of carboxylic acid groups (broad SMARTS) is 1. The summed E-state index contributed by atoms with van der Waals surface area (Å²) in [6.45, 7) is 3.25. The SMILES string of the molecule is CCC(NC(=O)Cc1cc(=O)oc2c(C)c(O)ccc12)C(=O)O. The van der Waals surface area contributed by atoms with Crippen molar-refractivity contribution in [3.8, 4) is 5.75 Å². The van der Waals surface area contributed by atoms with Crippen LogP contribution in [0.5, 0.6) is 5.75 Å². The number of rotatable bonds is 5. The zero-order valence-electron chi connectivity index (χ0n) is 12.8. The van der Waals surface area contributed by atoms with Crippen molar-refractivity contribution in [2.75, 3.05) is 0 Å². The van der Waals surface area contributed by atoms with E-state index in [0.717, 1.165) is 0 Å². The van der Waals surface area contributed by atoms with Crippen LogP contribution < -0.4 is 10.9 Å². The number of carbonyl (C=O) groups is 2. The predicted molar refractivity (Wildman–Crippen MR) is 82.4 cm³/mol.